The Morgan fingerprint density at radius 2 is 1.97 bits per heavy atom. The Balaban J connectivity index is 1.75. The quantitative estimate of drug-likeness (QED) is 0.474. The molecule has 9 heteroatoms. The Kier molecular flexibility index (Phi) is 10.1. The molecular weight excluding hydrogens is 464 g/mol. The van der Waals surface area contributed by atoms with E-state index in [1.165, 1.54) is 39.1 Å². The molecule has 0 radical (unpaired) electrons. The van der Waals surface area contributed by atoms with Gasteiger partial charge in [0.2, 0.25) is 5.75 Å². The van der Waals surface area contributed by atoms with Crippen molar-refractivity contribution in [2.45, 2.75) is 90.9 Å². The van der Waals surface area contributed by atoms with Gasteiger partial charge in [-0.3, -0.25) is 9.59 Å². The zero-order valence-electron chi connectivity index (χ0n) is 22.1. The fourth-order valence-electron chi connectivity index (χ4n) is 4.59. The third kappa shape index (κ3) is 7.91. The number of hydrogen-bond acceptors (Lipinski definition) is 8. The van der Waals surface area contributed by atoms with Crippen LogP contribution in [0, 0.1) is 17.8 Å². The van der Waals surface area contributed by atoms with Crippen molar-refractivity contribution in [1.82, 2.24) is 10.3 Å². The lowest BCUT2D eigenvalue weighted by Gasteiger charge is -2.31. The fourth-order valence-corrected chi connectivity index (χ4v) is 4.59. The number of ether oxygens (including phenoxy) is 4. The monoisotopic (exact) mass is 504 g/mol. The number of rotatable bonds is 10. The van der Waals surface area contributed by atoms with Crippen molar-refractivity contribution < 1.29 is 33.3 Å². The molecule has 2 fully saturated rings. The number of esters is 2. The predicted octanol–water partition coefficient (Wildman–Crippen LogP) is 4.08. The Hall–Kier alpha value is -2.68. The van der Waals surface area contributed by atoms with Crippen LogP contribution in [-0.4, -0.2) is 54.8 Å². The van der Waals surface area contributed by atoms with Crippen LogP contribution >= 0.6 is 0 Å². The summed E-state index contributed by atoms with van der Waals surface area (Å²) in [6.07, 6.45) is 7.30. The van der Waals surface area contributed by atoms with Crippen LogP contribution in [0.5, 0.6) is 11.5 Å². The van der Waals surface area contributed by atoms with Crippen LogP contribution in [0.2, 0.25) is 0 Å². The number of cyclic esters (lactones) is 1. The molecule has 1 aliphatic carbocycles. The van der Waals surface area contributed by atoms with Crippen molar-refractivity contribution in [3.8, 4) is 11.5 Å². The van der Waals surface area contributed by atoms with E-state index in [2.05, 4.69) is 24.1 Å². The predicted molar refractivity (Wildman–Crippen MR) is 133 cm³/mol. The van der Waals surface area contributed by atoms with Gasteiger partial charge in [0.1, 0.15) is 12.1 Å². The molecule has 3 rings (SSSR count). The number of amides is 1. The number of carbonyl (C=O) groups is 3. The highest BCUT2D eigenvalue weighted by atomic mass is 16.6. The fraction of sp³-hybridized carbons (Fsp3) is 0.704. The maximum Gasteiger partial charge on any atom is 0.329 e. The molecule has 0 spiro atoms. The number of nitrogens with one attached hydrogen (secondary N) is 1. The Morgan fingerprint density at radius 3 is 2.61 bits per heavy atom. The van der Waals surface area contributed by atoms with Crippen molar-refractivity contribution >= 4 is 17.8 Å². The number of pyridine rings is 1. The van der Waals surface area contributed by atoms with E-state index in [9.17, 15) is 14.4 Å². The smallest absolute Gasteiger partial charge is 0.329 e. The molecule has 1 N–H and O–H groups in total. The summed E-state index contributed by atoms with van der Waals surface area (Å²) in [5.41, 5.74) is -0.134. The largest absolute Gasteiger partial charge is 0.493 e. The number of carbonyl (C=O) groups excluding carboxylic acids is 3. The van der Waals surface area contributed by atoms with E-state index < -0.39 is 30.0 Å². The van der Waals surface area contributed by atoms with Crippen LogP contribution in [-0.2, 0) is 19.1 Å². The topological polar surface area (TPSA) is 113 Å². The van der Waals surface area contributed by atoms with Gasteiger partial charge >= 0.3 is 11.9 Å². The van der Waals surface area contributed by atoms with Gasteiger partial charge < -0.3 is 24.3 Å². The van der Waals surface area contributed by atoms with Gasteiger partial charge in [-0.2, -0.15) is 0 Å². The summed E-state index contributed by atoms with van der Waals surface area (Å²) < 4.78 is 22.6. The second-order valence-electron chi connectivity index (χ2n) is 10.4. The van der Waals surface area contributed by atoms with Gasteiger partial charge in [0, 0.05) is 25.8 Å². The minimum atomic E-state index is -0.856. The van der Waals surface area contributed by atoms with Crippen molar-refractivity contribution in [2.24, 2.45) is 17.8 Å². The first-order valence-electron chi connectivity index (χ1n) is 13.0. The molecule has 4 unspecified atom stereocenters. The SMILES string of the molecule is COc1ccnc(C(=O)NC2CCCC(CCC(C)C)C(OCC3CC3)C(C)OC2=O)c1OC(C)=O. The minimum Gasteiger partial charge on any atom is -0.493 e. The number of aromatic nitrogens is 1. The van der Waals surface area contributed by atoms with E-state index in [1.54, 1.807) is 0 Å². The average Bonchev–Trinajstić information content (AvgIpc) is 3.64. The maximum atomic E-state index is 13.1. The molecule has 200 valence electrons. The Labute approximate surface area is 213 Å². The third-order valence-electron chi connectivity index (χ3n) is 6.77. The molecule has 0 aromatic carbocycles. The molecular formula is C27H40N2O7. The van der Waals surface area contributed by atoms with Gasteiger partial charge in [-0.05, 0) is 56.8 Å². The molecule has 36 heavy (non-hydrogen) atoms. The molecule has 1 aromatic rings. The standard InChI is InChI=1S/C27H40N2O7/c1-16(2)9-12-20-7-6-8-21(27(32)35-17(3)24(20)34-15-19-10-11-19)29-26(31)23-25(36-18(4)30)22(33-5)13-14-28-23/h13-14,16-17,19-21,24H,6-12,15H2,1-5H3,(H,29,31). The summed E-state index contributed by atoms with van der Waals surface area (Å²) in [7, 11) is 1.40. The normalized spacial score (nSPS) is 24.8. The molecule has 1 aliphatic heterocycles. The molecule has 2 heterocycles. The summed E-state index contributed by atoms with van der Waals surface area (Å²) in [5, 5.41) is 2.74. The number of methoxy groups -OCH3 is 1. The summed E-state index contributed by atoms with van der Waals surface area (Å²) in [4.78, 5) is 41.9. The van der Waals surface area contributed by atoms with E-state index in [1.807, 2.05) is 6.92 Å². The van der Waals surface area contributed by atoms with E-state index >= 15 is 0 Å². The van der Waals surface area contributed by atoms with Gasteiger partial charge in [-0.15, -0.1) is 0 Å². The molecule has 0 bridgehead atoms. The molecule has 1 saturated heterocycles. The van der Waals surface area contributed by atoms with Crippen molar-refractivity contribution in [2.75, 3.05) is 13.7 Å². The summed E-state index contributed by atoms with van der Waals surface area (Å²) in [6.45, 7) is 8.22. The first-order chi connectivity index (χ1) is 17.2. The molecule has 1 amide bonds. The van der Waals surface area contributed by atoms with Gasteiger partial charge in [-0.1, -0.05) is 26.7 Å². The summed E-state index contributed by atoms with van der Waals surface area (Å²) >= 11 is 0. The molecule has 1 aromatic heterocycles. The van der Waals surface area contributed by atoms with Crippen LogP contribution in [0.4, 0.5) is 0 Å². The first-order valence-corrected chi connectivity index (χ1v) is 13.0. The molecule has 1 saturated carbocycles. The number of hydrogen-bond donors (Lipinski definition) is 1. The highest BCUT2D eigenvalue weighted by Gasteiger charge is 2.36. The molecule has 2 aliphatic rings. The zero-order valence-corrected chi connectivity index (χ0v) is 22.1. The van der Waals surface area contributed by atoms with Crippen LogP contribution in [0.25, 0.3) is 0 Å². The summed E-state index contributed by atoms with van der Waals surface area (Å²) in [6, 6.07) is 0.635. The van der Waals surface area contributed by atoms with Crippen molar-refractivity contribution in [3.63, 3.8) is 0 Å². The van der Waals surface area contributed by atoms with E-state index in [4.69, 9.17) is 18.9 Å². The lowest BCUT2D eigenvalue weighted by atomic mass is 9.86. The average molecular weight is 505 g/mol. The van der Waals surface area contributed by atoms with Crippen LogP contribution in [0.1, 0.15) is 83.1 Å². The second-order valence-corrected chi connectivity index (χ2v) is 10.4. The lowest BCUT2D eigenvalue weighted by molar-refractivity contribution is -0.161. The van der Waals surface area contributed by atoms with Crippen molar-refractivity contribution in [1.29, 1.82) is 0 Å². The second kappa shape index (κ2) is 13.0. The van der Waals surface area contributed by atoms with Crippen LogP contribution in [0.15, 0.2) is 12.3 Å². The van der Waals surface area contributed by atoms with Gasteiger partial charge in [-0.25, -0.2) is 9.78 Å². The lowest BCUT2D eigenvalue weighted by Crippen LogP contribution is -2.44. The van der Waals surface area contributed by atoms with Gasteiger partial charge in [0.05, 0.1) is 13.2 Å². The Morgan fingerprint density at radius 1 is 1.22 bits per heavy atom. The van der Waals surface area contributed by atoms with Crippen LogP contribution < -0.4 is 14.8 Å². The van der Waals surface area contributed by atoms with Crippen LogP contribution in [0.3, 0.4) is 0 Å². The van der Waals surface area contributed by atoms with Gasteiger partial charge in [0.15, 0.2) is 11.4 Å². The number of nitrogens with zero attached hydrogens (tertiary/aromatic N) is 1. The highest BCUT2D eigenvalue weighted by Crippen LogP contribution is 2.34. The van der Waals surface area contributed by atoms with E-state index in [0.717, 1.165) is 25.7 Å². The molecule has 9 nitrogen and oxygen atoms in total. The molecule has 4 atom stereocenters. The van der Waals surface area contributed by atoms with E-state index in [0.29, 0.717) is 24.9 Å². The third-order valence-corrected chi connectivity index (χ3v) is 6.77. The maximum absolute atomic E-state index is 13.1. The first kappa shape index (κ1) is 27.9. The zero-order chi connectivity index (χ0) is 26.2. The van der Waals surface area contributed by atoms with Crippen molar-refractivity contribution in [3.05, 3.63) is 18.0 Å². The van der Waals surface area contributed by atoms with E-state index in [-0.39, 0.29) is 29.2 Å². The Bertz CT molecular complexity index is 915. The summed E-state index contributed by atoms with van der Waals surface area (Å²) in [5.74, 6) is -0.186. The minimum absolute atomic E-state index is 0.0860. The van der Waals surface area contributed by atoms with Gasteiger partial charge in [0.25, 0.3) is 5.91 Å². The highest BCUT2D eigenvalue weighted by molar-refractivity contribution is 5.98.